The summed E-state index contributed by atoms with van der Waals surface area (Å²) in [6.07, 6.45) is 7.33. The van der Waals surface area contributed by atoms with Gasteiger partial charge in [0, 0.05) is 37.8 Å². The average Bonchev–Trinajstić information content (AvgIpc) is 2.63. The van der Waals surface area contributed by atoms with Gasteiger partial charge < -0.3 is 15.0 Å². The van der Waals surface area contributed by atoms with Crippen LogP contribution in [0.1, 0.15) is 51.0 Å². The molecule has 1 aliphatic heterocycles. The van der Waals surface area contributed by atoms with Gasteiger partial charge in [-0.25, -0.2) is 0 Å². The molecule has 1 aromatic carbocycles. The zero-order valence-corrected chi connectivity index (χ0v) is 15.9. The molecular weight excluding hydrogens is 330 g/mol. The maximum absolute atomic E-state index is 11.3. The van der Waals surface area contributed by atoms with Gasteiger partial charge in [0.05, 0.1) is 11.0 Å². The van der Waals surface area contributed by atoms with Gasteiger partial charge in [-0.05, 0) is 64.0 Å². The first-order valence-electron chi connectivity index (χ1n) is 9.94. The monoisotopic (exact) mass is 361 g/mol. The summed E-state index contributed by atoms with van der Waals surface area (Å²) in [5.41, 5.74) is 1.87. The van der Waals surface area contributed by atoms with Crippen molar-refractivity contribution >= 4 is 11.4 Å². The summed E-state index contributed by atoms with van der Waals surface area (Å²) >= 11 is 0. The lowest BCUT2D eigenvalue weighted by molar-refractivity contribution is -0.384. The first-order chi connectivity index (χ1) is 12.6. The average molecular weight is 361 g/mol. The molecule has 26 heavy (non-hydrogen) atoms. The summed E-state index contributed by atoms with van der Waals surface area (Å²) in [6.45, 7) is 7.00. The van der Waals surface area contributed by atoms with Crippen molar-refractivity contribution in [1.82, 2.24) is 4.90 Å². The van der Waals surface area contributed by atoms with Crippen molar-refractivity contribution in [3.05, 3.63) is 33.9 Å². The number of piperidine rings is 1. The molecule has 0 radical (unpaired) electrons. The van der Waals surface area contributed by atoms with Crippen molar-refractivity contribution < 1.29 is 9.66 Å². The van der Waals surface area contributed by atoms with E-state index in [1.165, 1.54) is 25.7 Å². The van der Waals surface area contributed by atoms with Crippen LogP contribution < -0.4 is 5.32 Å². The first kappa shape index (κ1) is 19.1. The van der Waals surface area contributed by atoms with Crippen LogP contribution in [0.15, 0.2) is 18.2 Å². The van der Waals surface area contributed by atoms with Crippen LogP contribution in [0.5, 0.6) is 0 Å². The molecule has 1 N–H and O–H groups in total. The number of aryl methyl sites for hydroxylation is 1. The molecule has 0 spiro atoms. The molecule has 6 nitrogen and oxygen atoms in total. The topological polar surface area (TPSA) is 67.6 Å². The molecule has 1 aromatic rings. The summed E-state index contributed by atoms with van der Waals surface area (Å²) in [7, 11) is 0. The lowest BCUT2D eigenvalue weighted by atomic mass is 9.90. The van der Waals surface area contributed by atoms with Crippen LogP contribution in [0.4, 0.5) is 11.4 Å². The minimum Gasteiger partial charge on any atom is -0.379 e. The van der Waals surface area contributed by atoms with Crippen LogP contribution in [0.25, 0.3) is 0 Å². The number of hydrogen-bond donors (Lipinski definition) is 1. The molecule has 1 saturated heterocycles. The summed E-state index contributed by atoms with van der Waals surface area (Å²) in [5, 5.41) is 14.7. The molecule has 2 aliphatic rings. The second-order valence-electron chi connectivity index (χ2n) is 7.62. The van der Waals surface area contributed by atoms with E-state index in [1.807, 2.05) is 13.0 Å². The predicted molar refractivity (Wildman–Crippen MR) is 104 cm³/mol. The van der Waals surface area contributed by atoms with Gasteiger partial charge in [0.2, 0.25) is 0 Å². The van der Waals surface area contributed by atoms with Gasteiger partial charge in [-0.1, -0.05) is 6.07 Å². The highest BCUT2D eigenvalue weighted by Gasteiger charge is 2.29. The van der Waals surface area contributed by atoms with Gasteiger partial charge in [0.25, 0.3) is 5.69 Å². The molecule has 0 amide bonds. The Labute approximate surface area is 156 Å². The Balaban J connectivity index is 1.50. The van der Waals surface area contributed by atoms with E-state index in [-0.39, 0.29) is 10.6 Å². The predicted octanol–water partition coefficient (Wildman–Crippen LogP) is 4.13. The number of nitrogens with zero attached hydrogens (tertiary/aromatic N) is 2. The first-order valence-corrected chi connectivity index (χ1v) is 9.94. The van der Waals surface area contributed by atoms with Crippen LogP contribution in [0.2, 0.25) is 0 Å². The van der Waals surface area contributed by atoms with Gasteiger partial charge in [-0.3, -0.25) is 10.1 Å². The zero-order valence-electron chi connectivity index (χ0n) is 15.9. The summed E-state index contributed by atoms with van der Waals surface area (Å²) < 4.78 is 5.76. The molecule has 0 aromatic heterocycles. The molecule has 144 valence electrons. The molecule has 0 bridgehead atoms. The van der Waals surface area contributed by atoms with E-state index in [9.17, 15) is 10.1 Å². The zero-order chi connectivity index (χ0) is 18.5. The van der Waals surface area contributed by atoms with E-state index in [0.717, 1.165) is 38.1 Å². The Kier molecular flexibility index (Phi) is 6.48. The fourth-order valence-electron chi connectivity index (χ4n) is 4.37. The normalized spacial score (nSPS) is 25.2. The van der Waals surface area contributed by atoms with Crippen molar-refractivity contribution in [2.45, 2.75) is 70.6 Å². The van der Waals surface area contributed by atoms with Gasteiger partial charge in [-0.15, -0.1) is 0 Å². The van der Waals surface area contributed by atoms with Crippen molar-refractivity contribution in [2.75, 3.05) is 25.0 Å². The second kappa shape index (κ2) is 8.82. The molecule has 3 rings (SSSR count). The van der Waals surface area contributed by atoms with Crippen molar-refractivity contribution in [2.24, 2.45) is 0 Å². The number of benzene rings is 1. The molecular formula is C20H31N3O3. The van der Waals surface area contributed by atoms with Crippen molar-refractivity contribution in [1.29, 1.82) is 0 Å². The quantitative estimate of drug-likeness (QED) is 0.609. The van der Waals surface area contributed by atoms with Crippen LogP contribution >= 0.6 is 0 Å². The fourth-order valence-corrected chi connectivity index (χ4v) is 4.37. The lowest BCUT2D eigenvalue weighted by Crippen LogP contribution is -2.46. The van der Waals surface area contributed by atoms with E-state index >= 15 is 0 Å². The molecule has 1 heterocycles. The summed E-state index contributed by atoms with van der Waals surface area (Å²) in [4.78, 5) is 13.6. The van der Waals surface area contributed by atoms with Crippen molar-refractivity contribution in [3.8, 4) is 0 Å². The van der Waals surface area contributed by atoms with Crippen LogP contribution in [0.3, 0.4) is 0 Å². The molecule has 2 fully saturated rings. The highest BCUT2D eigenvalue weighted by molar-refractivity contribution is 5.63. The highest BCUT2D eigenvalue weighted by Crippen LogP contribution is 2.30. The lowest BCUT2D eigenvalue weighted by Gasteiger charge is -2.41. The SMILES string of the molecule is CCO[C@H]1CC[C@H](N2CCC(Nc3cc(C)ccc3[N+](=O)[O-])CC2)CC1. The maximum Gasteiger partial charge on any atom is 0.292 e. The Morgan fingerprint density at radius 3 is 2.50 bits per heavy atom. The van der Waals surface area contributed by atoms with E-state index < -0.39 is 0 Å². The summed E-state index contributed by atoms with van der Waals surface area (Å²) in [6, 6.07) is 6.28. The molecule has 0 unspecified atom stereocenters. The molecule has 1 saturated carbocycles. The largest absolute Gasteiger partial charge is 0.379 e. The number of likely N-dealkylation sites (tertiary alicyclic amines) is 1. The Bertz CT molecular complexity index is 606. The number of hydrogen-bond acceptors (Lipinski definition) is 5. The van der Waals surface area contributed by atoms with Crippen LogP contribution in [-0.4, -0.2) is 47.7 Å². The third-order valence-corrected chi connectivity index (χ3v) is 5.80. The van der Waals surface area contributed by atoms with Crippen LogP contribution in [0, 0.1) is 17.0 Å². The third-order valence-electron chi connectivity index (χ3n) is 5.80. The Morgan fingerprint density at radius 2 is 1.88 bits per heavy atom. The number of nitrogens with one attached hydrogen (secondary N) is 1. The number of nitro groups is 1. The highest BCUT2D eigenvalue weighted by atomic mass is 16.6. The van der Waals surface area contributed by atoms with Gasteiger partial charge in [-0.2, -0.15) is 0 Å². The van der Waals surface area contributed by atoms with E-state index in [4.69, 9.17) is 4.74 Å². The minimum atomic E-state index is -0.298. The number of rotatable bonds is 6. The molecule has 0 atom stereocenters. The molecule has 1 aliphatic carbocycles. The number of ether oxygens (including phenoxy) is 1. The smallest absolute Gasteiger partial charge is 0.292 e. The minimum absolute atomic E-state index is 0.173. The fraction of sp³-hybridized carbons (Fsp3) is 0.700. The number of nitro benzene ring substituents is 1. The second-order valence-corrected chi connectivity index (χ2v) is 7.62. The Morgan fingerprint density at radius 1 is 1.19 bits per heavy atom. The van der Waals surface area contributed by atoms with Gasteiger partial charge in [0.15, 0.2) is 0 Å². The van der Waals surface area contributed by atoms with Crippen molar-refractivity contribution in [3.63, 3.8) is 0 Å². The molecule has 6 heteroatoms. The van der Waals surface area contributed by atoms with Gasteiger partial charge in [0.1, 0.15) is 5.69 Å². The van der Waals surface area contributed by atoms with E-state index in [1.54, 1.807) is 12.1 Å². The third kappa shape index (κ3) is 4.74. The maximum atomic E-state index is 11.3. The van der Waals surface area contributed by atoms with E-state index in [0.29, 0.717) is 23.9 Å². The summed E-state index contributed by atoms with van der Waals surface area (Å²) in [5.74, 6) is 0. The standard InChI is InChI=1S/C20H31N3O3/c1-3-26-18-7-5-17(6-8-18)22-12-10-16(11-13-22)21-19-14-15(2)4-9-20(19)23(24)25/h4,9,14,16-18,21H,3,5-8,10-13H2,1-2H3/t17-,18-. The van der Waals surface area contributed by atoms with E-state index in [2.05, 4.69) is 17.1 Å². The Hall–Kier alpha value is -1.66. The number of anilines is 1. The van der Waals surface area contributed by atoms with Gasteiger partial charge >= 0.3 is 0 Å². The van der Waals surface area contributed by atoms with Crippen LogP contribution in [-0.2, 0) is 4.74 Å².